The highest BCUT2D eigenvalue weighted by Crippen LogP contribution is 2.27. The Morgan fingerprint density at radius 3 is 3.00 bits per heavy atom. The highest BCUT2D eigenvalue weighted by Gasteiger charge is 2.30. The largest absolute Gasteiger partial charge is 0.481 e. The number of allylic oxidation sites excluding steroid dienone is 2. The van der Waals surface area contributed by atoms with E-state index in [-0.39, 0.29) is 17.7 Å². The molecule has 7 nitrogen and oxygen atoms in total. The second-order valence-electron chi connectivity index (χ2n) is 6.34. The van der Waals surface area contributed by atoms with Gasteiger partial charge in [-0.05, 0) is 31.4 Å². The molecule has 2 atom stereocenters. The Balaban J connectivity index is 1.88. The second kappa shape index (κ2) is 7.79. The van der Waals surface area contributed by atoms with E-state index in [1.807, 2.05) is 0 Å². The van der Waals surface area contributed by atoms with Gasteiger partial charge in [-0.2, -0.15) is 0 Å². The van der Waals surface area contributed by atoms with Crippen LogP contribution in [0.1, 0.15) is 24.8 Å². The Morgan fingerprint density at radius 1 is 1.56 bits per heavy atom. The predicted molar refractivity (Wildman–Crippen MR) is 102 cm³/mol. The highest BCUT2D eigenvalue weighted by molar-refractivity contribution is 6.31. The quantitative estimate of drug-likeness (QED) is 0.343. The third-order valence-corrected chi connectivity index (χ3v) is 4.74. The summed E-state index contributed by atoms with van der Waals surface area (Å²) in [4.78, 5) is 22.4. The van der Waals surface area contributed by atoms with Crippen LogP contribution in [0.4, 0.5) is 4.39 Å². The number of nitrogens with two attached hydrogens (primary N) is 1. The first-order valence-corrected chi connectivity index (χ1v) is 8.75. The van der Waals surface area contributed by atoms with Gasteiger partial charge in [-0.15, -0.1) is 0 Å². The molecule has 142 valence electrons. The maximum Gasteiger partial charge on any atom is 0.306 e. The van der Waals surface area contributed by atoms with Gasteiger partial charge in [-0.1, -0.05) is 18.2 Å². The summed E-state index contributed by atoms with van der Waals surface area (Å²) in [7, 11) is 0. The Kier molecular flexibility index (Phi) is 5.46. The summed E-state index contributed by atoms with van der Waals surface area (Å²) in [5.41, 5.74) is 7.20. The SMILES string of the molecule is C=C/C(F)=C(\N=C(/N)c1c[nH]c2ncc(Cl)cc12)NC1CC[C@H](C(=O)O)C1. The maximum absolute atomic E-state index is 14.3. The molecule has 1 saturated carbocycles. The lowest BCUT2D eigenvalue weighted by Crippen LogP contribution is -2.28. The smallest absolute Gasteiger partial charge is 0.306 e. The highest BCUT2D eigenvalue weighted by atomic mass is 35.5. The van der Waals surface area contributed by atoms with E-state index in [0.29, 0.717) is 40.9 Å². The normalized spacial score (nSPS) is 21.2. The van der Waals surface area contributed by atoms with Crippen LogP contribution in [0.2, 0.25) is 5.02 Å². The van der Waals surface area contributed by atoms with Crippen LogP contribution in [0.15, 0.2) is 47.8 Å². The molecule has 1 unspecified atom stereocenters. The fraction of sp³-hybridized carbons (Fsp3) is 0.278. The van der Waals surface area contributed by atoms with E-state index in [4.69, 9.17) is 22.4 Å². The molecule has 0 aliphatic heterocycles. The van der Waals surface area contributed by atoms with Crippen molar-refractivity contribution in [1.29, 1.82) is 0 Å². The number of aromatic amines is 1. The number of hydrogen-bond acceptors (Lipinski definition) is 4. The van der Waals surface area contributed by atoms with Gasteiger partial charge < -0.3 is 21.1 Å². The molecule has 2 aromatic heterocycles. The second-order valence-corrected chi connectivity index (χ2v) is 6.78. The summed E-state index contributed by atoms with van der Waals surface area (Å²) in [6, 6.07) is 1.48. The van der Waals surface area contributed by atoms with Crippen LogP contribution in [0.25, 0.3) is 11.0 Å². The molecule has 0 amide bonds. The molecule has 1 aliphatic carbocycles. The van der Waals surface area contributed by atoms with E-state index in [2.05, 4.69) is 26.9 Å². The third-order valence-electron chi connectivity index (χ3n) is 4.53. The minimum absolute atomic E-state index is 0.0672. The molecule has 2 aromatic rings. The number of halogens is 2. The molecule has 0 bridgehead atoms. The van der Waals surface area contributed by atoms with E-state index in [0.717, 1.165) is 6.08 Å². The topological polar surface area (TPSA) is 116 Å². The zero-order valence-corrected chi connectivity index (χ0v) is 15.1. The Labute approximate surface area is 159 Å². The van der Waals surface area contributed by atoms with E-state index >= 15 is 0 Å². The average Bonchev–Trinajstić information content (AvgIpc) is 3.27. The van der Waals surface area contributed by atoms with Crippen molar-refractivity contribution in [1.82, 2.24) is 15.3 Å². The van der Waals surface area contributed by atoms with E-state index in [1.54, 1.807) is 12.3 Å². The van der Waals surface area contributed by atoms with Crippen molar-refractivity contribution in [2.45, 2.75) is 25.3 Å². The Bertz CT molecular complexity index is 952. The van der Waals surface area contributed by atoms with Crippen LogP contribution in [0.5, 0.6) is 0 Å². The van der Waals surface area contributed by atoms with E-state index in [9.17, 15) is 9.18 Å². The van der Waals surface area contributed by atoms with Crippen LogP contribution in [0, 0.1) is 5.92 Å². The van der Waals surface area contributed by atoms with Crippen molar-refractivity contribution >= 4 is 34.4 Å². The lowest BCUT2D eigenvalue weighted by Gasteiger charge is -2.15. The number of carboxylic acids is 1. The number of nitrogens with one attached hydrogen (secondary N) is 2. The van der Waals surface area contributed by atoms with Gasteiger partial charge in [-0.25, -0.2) is 14.4 Å². The summed E-state index contributed by atoms with van der Waals surface area (Å²) < 4.78 is 14.3. The summed E-state index contributed by atoms with van der Waals surface area (Å²) in [5, 5.41) is 13.2. The van der Waals surface area contributed by atoms with Crippen molar-refractivity contribution in [3.05, 3.63) is 53.3 Å². The number of amidine groups is 1. The molecule has 0 aromatic carbocycles. The number of carboxylic acid groups (broad SMARTS) is 1. The average molecular weight is 392 g/mol. The molecule has 27 heavy (non-hydrogen) atoms. The number of aromatic nitrogens is 2. The lowest BCUT2D eigenvalue weighted by molar-refractivity contribution is -0.141. The Morgan fingerprint density at radius 2 is 2.33 bits per heavy atom. The van der Waals surface area contributed by atoms with Crippen molar-refractivity contribution in [2.24, 2.45) is 16.6 Å². The molecule has 0 radical (unpaired) electrons. The van der Waals surface area contributed by atoms with Gasteiger partial charge in [0.1, 0.15) is 11.5 Å². The van der Waals surface area contributed by atoms with Crippen LogP contribution >= 0.6 is 11.6 Å². The number of aliphatic carboxylic acids is 1. The van der Waals surface area contributed by atoms with Crippen molar-refractivity contribution in [3.8, 4) is 0 Å². The number of aliphatic imine (C=N–C) groups is 1. The number of H-pyrrole nitrogens is 1. The van der Waals surface area contributed by atoms with Crippen LogP contribution in [-0.2, 0) is 4.79 Å². The van der Waals surface area contributed by atoms with Gasteiger partial charge in [0.2, 0.25) is 0 Å². The molecular weight excluding hydrogens is 373 g/mol. The van der Waals surface area contributed by atoms with Gasteiger partial charge in [0.15, 0.2) is 11.6 Å². The standard InChI is InChI=1S/C18H19ClFN5O2/c1-2-14(20)17(24-11-4-3-9(5-11)18(26)27)25-15(21)13-8-23-16-12(13)6-10(19)7-22-16/h2,6-9,11,24H,1,3-5H2,(H2,21,25)(H,22,23)(H,26,27)/b17-14+/t9-,11?/m0/s1. The van der Waals surface area contributed by atoms with E-state index in [1.165, 1.54) is 6.20 Å². The lowest BCUT2D eigenvalue weighted by atomic mass is 10.1. The predicted octanol–water partition coefficient (Wildman–Crippen LogP) is 3.09. The number of hydrogen-bond donors (Lipinski definition) is 4. The molecule has 1 aliphatic rings. The first-order chi connectivity index (χ1) is 12.9. The fourth-order valence-electron chi connectivity index (χ4n) is 3.15. The number of fused-ring (bicyclic) bond motifs is 1. The zero-order valence-electron chi connectivity index (χ0n) is 14.4. The van der Waals surface area contributed by atoms with Crippen molar-refractivity contribution in [3.63, 3.8) is 0 Å². The molecule has 5 N–H and O–H groups in total. The summed E-state index contributed by atoms with van der Waals surface area (Å²) in [6.07, 6.45) is 5.67. The number of nitrogens with zero attached hydrogens (tertiary/aromatic N) is 2. The van der Waals surface area contributed by atoms with Crippen LogP contribution in [-0.4, -0.2) is 32.9 Å². The number of carbonyl (C=O) groups is 1. The summed E-state index contributed by atoms with van der Waals surface area (Å²) >= 11 is 5.98. The minimum atomic E-state index is -0.847. The minimum Gasteiger partial charge on any atom is -0.481 e. The first kappa shape index (κ1) is 18.9. The summed E-state index contributed by atoms with van der Waals surface area (Å²) in [5.74, 6) is -1.98. The zero-order chi connectivity index (χ0) is 19.6. The van der Waals surface area contributed by atoms with Gasteiger partial charge in [0.05, 0.1) is 10.9 Å². The molecule has 0 spiro atoms. The van der Waals surface area contributed by atoms with Crippen LogP contribution in [0.3, 0.4) is 0 Å². The molecule has 2 heterocycles. The third kappa shape index (κ3) is 4.11. The molecule has 0 saturated heterocycles. The van der Waals surface area contributed by atoms with Gasteiger partial charge in [0.25, 0.3) is 0 Å². The van der Waals surface area contributed by atoms with Crippen LogP contribution < -0.4 is 11.1 Å². The monoisotopic (exact) mass is 391 g/mol. The maximum atomic E-state index is 14.3. The fourth-order valence-corrected chi connectivity index (χ4v) is 3.31. The van der Waals surface area contributed by atoms with Crippen molar-refractivity contribution in [2.75, 3.05) is 0 Å². The van der Waals surface area contributed by atoms with Gasteiger partial charge in [-0.3, -0.25) is 4.79 Å². The Hall–Kier alpha value is -2.87. The molecule has 1 fully saturated rings. The number of pyridine rings is 1. The van der Waals surface area contributed by atoms with Gasteiger partial charge in [0, 0.05) is 29.4 Å². The van der Waals surface area contributed by atoms with E-state index < -0.39 is 17.7 Å². The summed E-state index contributed by atoms with van der Waals surface area (Å²) in [6.45, 7) is 3.42. The first-order valence-electron chi connectivity index (χ1n) is 8.37. The van der Waals surface area contributed by atoms with Crippen molar-refractivity contribution < 1.29 is 14.3 Å². The molecular formula is C18H19ClFN5O2. The molecule has 9 heteroatoms. The molecule has 3 rings (SSSR count). The number of rotatable bonds is 6. The van der Waals surface area contributed by atoms with Gasteiger partial charge >= 0.3 is 5.97 Å².